The van der Waals surface area contributed by atoms with Crippen LogP contribution in [0.15, 0.2) is 65.6 Å². The molecule has 0 fully saturated rings. The minimum absolute atomic E-state index is 0.196. The molecule has 4 nitrogen and oxygen atoms in total. The maximum Gasteiger partial charge on any atom is 0.287 e. The molecule has 0 aliphatic rings. The largest absolute Gasteiger partial charge is 0.368 e. The van der Waals surface area contributed by atoms with Gasteiger partial charge in [-0.25, -0.2) is 4.68 Å². The molecule has 0 aliphatic heterocycles. The average Bonchev–Trinajstić information content (AvgIpc) is 2.62. The third-order valence-electron chi connectivity index (χ3n) is 4.22. The molecule has 0 amide bonds. The van der Waals surface area contributed by atoms with Gasteiger partial charge in [0.25, 0.3) is 5.56 Å². The molecule has 5 heteroatoms. The molecule has 3 aromatic rings. The Kier molecular flexibility index (Phi) is 5.19. The summed E-state index contributed by atoms with van der Waals surface area (Å²) in [6, 6.07) is 17.9. The van der Waals surface area contributed by atoms with E-state index in [0.717, 1.165) is 5.56 Å². The molecule has 0 saturated carbocycles. The molecule has 25 heavy (non-hydrogen) atoms. The minimum atomic E-state index is -0.278. The lowest BCUT2D eigenvalue weighted by molar-refractivity contribution is 0.637. The van der Waals surface area contributed by atoms with Crippen LogP contribution in [0.2, 0.25) is 5.02 Å². The average molecular weight is 354 g/mol. The molecular weight excluding hydrogens is 334 g/mol. The van der Waals surface area contributed by atoms with Crippen LogP contribution in [-0.4, -0.2) is 16.8 Å². The maximum absolute atomic E-state index is 12.6. The lowest BCUT2D eigenvalue weighted by Gasteiger charge is -2.21. The van der Waals surface area contributed by atoms with E-state index in [1.807, 2.05) is 54.4 Å². The van der Waals surface area contributed by atoms with Gasteiger partial charge in [-0.05, 0) is 23.6 Å². The summed E-state index contributed by atoms with van der Waals surface area (Å²) >= 11 is 6.35. The number of rotatable bonds is 5. The summed E-state index contributed by atoms with van der Waals surface area (Å²) in [5.74, 6) is 0. The summed E-state index contributed by atoms with van der Waals surface area (Å²) in [4.78, 5) is 14.5. The summed E-state index contributed by atoms with van der Waals surface area (Å²) in [6.07, 6.45) is 1.66. The van der Waals surface area contributed by atoms with E-state index in [2.05, 4.69) is 24.2 Å². The molecule has 0 N–H and O–H groups in total. The third kappa shape index (κ3) is 3.91. The van der Waals surface area contributed by atoms with E-state index >= 15 is 0 Å². The van der Waals surface area contributed by atoms with Crippen LogP contribution in [0.4, 0.5) is 5.69 Å². The van der Waals surface area contributed by atoms with Crippen molar-refractivity contribution in [1.29, 1.82) is 0 Å². The Balaban J connectivity index is 1.85. The van der Waals surface area contributed by atoms with Crippen molar-refractivity contribution in [3.63, 3.8) is 0 Å². The van der Waals surface area contributed by atoms with Gasteiger partial charge in [0.05, 0.1) is 18.4 Å². The lowest BCUT2D eigenvalue weighted by atomic mass is 10.1. The molecule has 0 atom stereocenters. The van der Waals surface area contributed by atoms with E-state index in [-0.39, 0.29) is 10.6 Å². The second kappa shape index (κ2) is 7.53. The van der Waals surface area contributed by atoms with Gasteiger partial charge in [0, 0.05) is 13.6 Å². The smallest absolute Gasteiger partial charge is 0.287 e. The van der Waals surface area contributed by atoms with E-state index < -0.39 is 0 Å². The Morgan fingerprint density at radius 3 is 2.48 bits per heavy atom. The Labute approximate surface area is 152 Å². The number of benzene rings is 2. The van der Waals surface area contributed by atoms with Gasteiger partial charge in [0.1, 0.15) is 5.02 Å². The number of hydrogen-bond acceptors (Lipinski definition) is 3. The van der Waals surface area contributed by atoms with Gasteiger partial charge in [0.15, 0.2) is 0 Å². The van der Waals surface area contributed by atoms with E-state index in [9.17, 15) is 4.79 Å². The van der Waals surface area contributed by atoms with Gasteiger partial charge >= 0.3 is 0 Å². The second-order valence-corrected chi connectivity index (χ2v) is 6.45. The number of anilines is 1. The maximum atomic E-state index is 12.6. The molecule has 0 saturated heterocycles. The zero-order valence-electron chi connectivity index (χ0n) is 14.3. The van der Waals surface area contributed by atoms with Crippen LogP contribution in [0, 0.1) is 6.92 Å². The van der Waals surface area contributed by atoms with Crippen molar-refractivity contribution >= 4 is 17.3 Å². The SMILES string of the molecule is Cc1ccccc1CN(C)c1cnn(Cc2ccccc2)c(=O)c1Cl. The number of nitrogens with zero attached hydrogens (tertiary/aromatic N) is 3. The fraction of sp³-hybridized carbons (Fsp3) is 0.200. The van der Waals surface area contributed by atoms with Crippen LogP contribution in [-0.2, 0) is 13.1 Å². The standard InChI is InChI=1S/C20H20ClN3O/c1-15-8-6-7-11-17(15)14-23(2)18-12-22-24(20(25)19(18)21)13-16-9-4-3-5-10-16/h3-12H,13-14H2,1-2H3. The molecule has 3 rings (SSSR count). The predicted molar refractivity (Wildman–Crippen MR) is 102 cm³/mol. The molecule has 1 aromatic heterocycles. The van der Waals surface area contributed by atoms with Crippen LogP contribution in [0.25, 0.3) is 0 Å². The predicted octanol–water partition coefficient (Wildman–Crippen LogP) is 3.89. The highest BCUT2D eigenvalue weighted by Crippen LogP contribution is 2.22. The highest BCUT2D eigenvalue weighted by atomic mass is 35.5. The van der Waals surface area contributed by atoms with E-state index in [1.165, 1.54) is 15.8 Å². The highest BCUT2D eigenvalue weighted by Gasteiger charge is 2.14. The number of aryl methyl sites for hydroxylation is 1. The number of halogens is 1. The van der Waals surface area contributed by atoms with Crippen molar-refractivity contribution in [2.24, 2.45) is 0 Å². The molecule has 0 bridgehead atoms. The zero-order valence-corrected chi connectivity index (χ0v) is 15.1. The monoisotopic (exact) mass is 353 g/mol. The van der Waals surface area contributed by atoms with Gasteiger partial charge in [0.2, 0.25) is 0 Å². The first-order valence-electron chi connectivity index (χ1n) is 8.11. The molecule has 2 aromatic carbocycles. The van der Waals surface area contributed by atoms with E-state index in [4.69, 9.17) is 11.6 Å². The molecule has 0 unspecified atom stereocenters. The van der Waals surface area contributed by atoms with Gasteiger partial charge in [-0.15, -0.1) is 0 Å². The topological polar surface area (TPSA) is 38.1 Å². The molecular formula is C20H20ClN3O. The summed E-state index contributed by atoms with van der Waals surface area (Å²) in [7, 11) is 1.91. The van der Waals surface area contributed by atoms with Crippen LogP contribution in [0.3, 0.4) is 0 Å². The number of hydrogen-bond donors (Lipinski definition) is 0. The fourth-order valence-electron chi connectivity index (χ4n) is 2.72. The van der Waals surface area contributed by atoms with E-state index in [0.29, 0.717) is 18.8 Å². The Morgan fingerprint density at radius 1 is 1.08 bits per heavy atom. The summed E-state index contributed by atoms with van der Waals surface area (Å²) in [6.45, 7) is 3.14. The second-order valence-electron chi connectivity index (χ2n) is 6.07. The Hall–Kier alpha value is -2.59. The molecule has 0 spiro atoms. The molecule has 1 heterocycles. The summed E-state index contributed by atoms with van der Waals surface area (Å²) in [5, 5.41) is 4.49. The minimum Gasteiger partial charge on any atom is -0.368 e. The van der Waals surface area contributed by atoms with Crippen LogP contribution in [0.5, 0.6) is 0 Å². The van der Waals surface area contributed by atoms with Crippen LogP contribution in [0.1, 0.15) is 16.7 Å². The third-order valence-corrected chi connectivity index (χ3v) is 4.58. The van der Waals surface area contributed by atoms with Crippen LogP contribution < -0.4 is 10.5 Å². The van der Waals surface area contributed by atoms with Crippen molar-refractivity contribution in [3.05, 3.63) is 92.9 Å². The quantitative estimate of drug-likeness (QED) is 0.698. The highest BCUT2D eigenvalue weighted by molar-refractivity contribution is 6.33. The Bertz CT molecular complexity index is 922. The summed E-state index contributed by atoms with van der Waals surface area (Å²) < 4.78 is 1.39. The number of aromatic nitrogens is 2. The summed E-state index contributed by atoms with van der Waals surface area (Å²) in [5.41, 5.74) is 3.76. The van der Waals surface area contributed by atoms with Crippen molar-refractivity contribution in [1.82, 2.24) is 9.78 Å². The van der Waals surface area contributed by atoms with Gasteiger partial charge in [-0.2, -0.15) is 5.10 Å². The van der Waals surface area contributed by atoms with Crippen molar-refractivity contribution in [2.75, 3.05) is 11.9 Å². The molecule has 0 radical (unpaired) electrons. The van der Waals surface area contributed by atoms with Crippen LogP contribution >= 0.6 is 11.6 Å². The van der Waals surface area contributed by atoms with Gasteiger partial charge in [-0.3, -0.25) is 4.79 Å². The first-order chi connectivity index (χ1) is 12.1. The Morgan fingerprint density at radius 2 is 1.76 bits per heavy atom. The van der Waals surface area contributed by atoms with Gasteiger partial charge < -0.3 is 4.90 Å². The molecule has 128 valence electrons. The first kappa shape index (κ1) is 17.2. The normalized spacial score (nSPS) is 10.7. The zero-order chi connectivity index (χ0) is 17.8. The van der Waals surface area contributed by atoms with E-state index in [1.54, 1.807) is 6.20 Å². The van der Waals surface area contributed by atoms with Crippen molar-refractivity contribution in [2.45, 2.75) is 20.0 Å². The lowest BCUT2D eigenvalue weighted by Crippen LogP contribution is -2.27. The van der Waals surface area contributed by atoms with Crippen molar-refractivity contribution < 1.29 is 0 Å². The first-order valence-corrected chi connectivity index (χ1v) is 8.49. The fourth-order valence-corrected chi connectivity index (χ4v) is 3.01. The van der Waals surface area contributed by atoms with Crippen molar-refractivity contribution in [3.8, 4) is 0 Å². The van der Waals surface area contributed by atoms with Gasteiger partial charge in [-0.1, -0.05) is 66.2 Å². The molecule has 0 aliphatic carbocycles.